The van der Waals surface area contributed by atoms with Crippen LogP contribution in [0.5, 0.6) is 0 Å². The van der Waals surface area contributed by atoms with Crippen molar-refractivity contribution in [2.75, 3.05) is 33.0 Å². The minimum absolute atomic E-state index is 0.861. The molecule has 0 spiro atoms. The molecule has 0 radical (unpaired) electrons. The second-order valence-corrected chi connectivity index (χ2v) is 20.6. The molecule has 1 unspecified atom stereocenters. The summed E-state index contributed by atoms with van der Waals surface area (Å²) in [6.07, 6.45) is -51.7. The topological polar surface area (TPSA) is 556 Å². The van der Waals surface area contributed by atoms with Gasteiger partial charge < -0.3 is 145 Å². The summed E-state index contributed by atoms with van der Waals surface area (Å²) in [4.78, 5) is 38.0. The van der Waals surface area contributed by atoms with Gasteiger partial charge >= 0.3 is 10.4 Å². The van der Waals surface area contributed by atoms with Gasteiger partial charge in [0.15, 0.2) is 37.7 Å². The maximum absolute atomic E-state index is 12.9. The van der Waals surface area contributed by atoms with Crippen LogP contribution in [0.2, 0.25) is 0 Å². The Morgan fingerprint density at radius 3 is 1.42 bits per heavy atom. The van der Waals surface area contributed by atoms with Gasteiger partial charge in [-0.2, -0.15) is 8.42 Å². The predicted molar refractivity (Wildman–Crippen MR) is 243 cm³/mol. The SMILES string of the molecule is CC(=O)N[C@H]1[C@H](OC[C@H]2OC(O)[C@H](NC(C)=O)[C@@H](O[C@@H]3O[C@H](CO)[C@@H](O)[C@H](O[C@@H]4O[C@H](CO)[C@H](O)[C@H](O)[C@H]4O[C@@H]4O[C@@H](C)[C@@H](O)[C@@H](O)[C@@H]4O)[C@H]3NC(C)=O)[C@H]2O)O[C@H](COS(=O)(=O)O)[C@@H](O[C@@H]2O[C@H](CO)[C@H](O)[C@H](O)[C@H]2O)[C@@H]1O. The van der Waals surface area contributed by atoms with Gasteiger partial charge in [-0.3, -0.25) is 18.9 Å². The third-order valence-corrected chi connectivity index (χ3v) is 14.2. The lowest BCUT2D eigenvalue weighted by atomic mass is 9.93. The molecule has 0 aromatic carbocycles. The van der Waals surface area contributed by atoms with Crippen molar-refractivity contribution < 1.29 is 160 Å². The van der Waals surface area contributed by atoms with Gasteiger partial charge in [-0.25, -0.2) is 4.18 Å². The van der Waals surface area contributed by atoms with E-state index in [1.165, 1.54) is 6.92 Å². The first-order chi connectivity index (χ1) is 37.0. The fraction of sp³-hybridized carbons (Fsp3) is 0.929. The van der Waals surface area contributed by atoms with Crippen LogP contribution in [-0.4, -0.2) is 324 Å². The fourth-order valence-electron chi connectivity index (χ4n) is 9.69. The van der Waals surface area contributed by atoms with E-state index in [9.17, 15) is 104 Å². The number of hydrogen-bond acceptors (Lipinski definition) is 32. The van der Waals surface area contributed by atoms with Crippen LogP contribution < -0.4 is 16.0 Å². The summed E-state index contributed by atoms with van der Waals surface area (Å²) >= 11 is 0. The molecule has 0 saturated carbocycles. The van der Waals surface area contributed by atoms with Crippen molar-refractivity contribution in [3.63, 3.8) is 0 Å². The molecule has 79 heavy (non-hydrogen) atoms. The summed E-state index contributed by atoms with van der Waals surface area (Å²) in [6, 6.07) is -5.41. The fourth-order valence-corrected chi connectivity index (χ4v) is 9.99. The van der Waals surface area contributed by atoms with Crippen LogP contribution in [0.4, 0.5) is 0 Å². The van der Waals surface area contributed by atoms with Gasteiger partial charge in [-0.15, -0.1) is 0 Å². The first-order valence-corrected chi connectivity index (χ1v) is 26.0. The Kier molecular flexibility index (Phi) is 23.0. The summed E-state index contributed by atoms with van der Waals surface area (Å²) in [5, 5.41) is 169. The number of ether oxygens (including phenoxy) is 11. The summed E-state index contributed by atoms with van der Waals surface area (Å²) < 4.78 is 101. The molecular formula is C42H71N3O33S. The monoisotopic (exact) mass is 1180 g/mol. The zero-order chi connectivity index (χ0) is 58.7. The maximum atomic E-state index is 12.9. The second-order valence-electron chi connectivity index (χ2n) is 19.5. The van der Waals surface area contributed by atoms with Crippen LogP contribution >= 0.6 is 0 Å². The van der Waals surface area contributed by atoms with E-state index in [1.807, 2.05) is 0 Å². The molecule has 37 heteroatoms. The van der Waals surface area contributed by atoms with Gasteiger partial charge in [-0.05, 0) is 6.92 Å². The highest BCUT2D eigenvalue weighted by atomic mass is 32.3. The number of carbonyl (C=O) groups excluding carboxylic acids is 3. The highest BCUT2D eigenvalue weighted by molar-refractivity contribution is 7.80. The normalized spacial score (nSPS) is 47.0. The molecule has 6 saturated heterocycles. The van der Waals surface area contributed by atoms with E-state index < -0.39 is 245 Å². The molecule has 6 aliphatic heterocycles. The van der Waals surface area contributed by atoms with E-state index in [4.69, 9.17) is 52.1 Å². The number of nitrogens with one attached hydrogen (secondary N) is 3. The second kappa shape index (κ2) is 27.8. The third-order valence-electron chi connectivity index (χ3n) is 13.8. The van der Waals surface area contributed by atoms with Gasteiger partial charge in [-0.1, -0.05) is 0 Å². The molecule has 3 amide bonds. The molecule has 0 aromatic rings. The molecule has 30 atom stereocenters. The Morgan fingerprint density at radius 2 is 0.848 bits per heavy atom. The van der Waals surface area contributed by atoms with Crippen molar-refractivity contribution in [1.82, 2.24) is 16.0 Å². The Hall–Kier alpha value is -2.76. The van der Waals surface area contributed by atoms with Crippen molar-refractivity contribution in [2.24, 2.45) is 0 Å². The van der Waals surface area contributed by atoms with Crippen molar-refractivity contribution in [3.05, 3.63) is 0 Å². The molecule has 0 aromatic heterocycles. The molecule has 36 nitrogen and oxygen atoms in total. The number of carbonyl (C=O) groups is 3. The molecule has 0 aliphatic carbocycles. The average Bonchev–Trinajstić information content (AvgIpc) is 3.44. The quantitative estimate of drug-likeness (QED) is 0.0503. The number of amides is 3. The molecule has 458 valence electrons. The van der Waals surface area contributed by atoms with Crippen LogP contribution in [0.25, 0.3) is 0 Å². The maximum Gasteiger partial charge on any atom is 0.397 e. The lowest BCUT2D eigenvalue weighted by Crippen LogP contribution is -2.71. The van der Waals surface area contributed by atoms with Gasteiger partial charge in [0.2, 0.25) is 17.7 Å². The number of rotatable bonds is 20. The van der Waals surface area contributed by atoms with Crippen LogP contribution in [0.1, 0.15) is 27.7 Å². The summed E-state index contributed by atoms with van der Waals surface area (Å²) in [6.45, 7) is -0.907. The van der Waals surface area contributed by atoms with E-state index in [-0.39, 0.29) is 0 Å². The first kappa shape index (κ1) is 65.4. The third kappa shape index (κ3) is 15.3. The van der Waals surface area contributed by atoms with Crippen molar-refractivity contribution >= 4 is 28.1 Å². The number of aliphatic hydroxyl groups excluding tert-OH is 15. The molecular weight excluding hydrogens is 1110 g/mol. The Morgan fingerprint density at radius 1 is 0.418 bits per heavy atom. The minimum Gasteiger partial charge on any atom is -0.394 e. The summed E-state index contributed by atoms with van der Waals surface area (Å²) in [5.74, 6) is -2.63. The molecule has 6 rings (SSSR count). The van der Waals surface area contributed by atoms with E-state index >= 15 is 0 Å². The lowest BCUT2D eigenvalue weighted by Gasteiger charge is -2.50. The molecule has 19 N–H and O–H groups in total. The van der Waals surface area contributed by atoms with Crippen molar-refractivity contribution in [1.29, 1.82) is 0 Å². The zero-order valence-corrected chi connectivity index (χ0v) is 43.2. The smallest absolute Gasteiger partial charge is 0.394 e. The molecule has 6 aliphatic rings. The molecule has 6 heterocycles. The van der Waals surface area contributed by atoms with Crippen LogP contribution in [-0.2, 0) is 81.1 Å². The van der Waals surface area contributed by atoms with E-state index in [0.29, 0.717) is 0 Å². The predicted octanol–water partition coefficient (Wildman–Crippen LogP) is -12.8. The Balaban J connectivity index is 1.28. The average molecular weight is 1180 g/mol. The summed E-state index contributed by atoms with van der Waals surface area (Å²) in [5.41, 5.74) is 0. The summed E-state index contributed by atoms with van der Waals surface area (Å²) in [7, 11) is -5.29. The standard InChI is InChI=1S/C42H71N3O33S/c1-10-22(52)28(58)31(61)40(69-10)78-36-30(60)24(54)15(6-47)73-42(36)77-35-21(45-13(4)51)39(71-16(7-48)25(35)55)76-34-20(44-12(3)50)37(63)70-17(26(34)56)8-67-38-19(43-11(2)49)27(57)33(18(74-38)9-68-79(64,65)66)75-41-32(62)29(59)23(53)14(5-46)72-41/h10,14-42,46-48,52-63H,5-9H2,1-4H3,(H,43,49)(H,44,50)(H,45,51)(H,64,65,66)/t10-,14+,15+,16+,17+,18+,19+,20+,21+,22+,23-,24-,25+,26-,27+,28+,29-,30-,31-,32+,33+,34+,35+,36+,37?,38+,39-,40-,41-,42-/m0/s1. The van der Waals surface area contributed by atoms with E-state index in [0.717, 1.165) is 20.8 Å². The van der Waals surface area contributed by atoms with Gasteiger partial charge in [0.25, 0.3) is 0 Å². The number of hydrogen-bond donors (Lipinski definition) is 19. The minimum atomic E-state index is -5.29. The largest absolute Gasteiger partial charge is 0.397 e. The van der Waals surface area contributed by atoms with Crippen LogP contribution in [0.3, 0.4) is 0 Å². The first-order valence-electron chi connectivity index (χ1n) is 24.6. The van der Waals surface area contributed by atoms with Gasteiger partial charge in [0, 0.05) is 20.8 Å². The zero-order valence-electron chi connectivity index (χ0n) is 42.4. The van der Waals surface area contributed by atoms with Crippen molar-refractivity contribution in [2.45, 2.75) is 212 Å². The number of aliphatic hydroxyl groups is 15. The molecule has 0 bridgehead atoms. The highest BCUT2D eigenvalue weighted by Crippen LogP contribution is 2.36. The van der Waals surface area contributed by atoms with E-state index in [1.54, 1.807) is 0 Å². The van der Waals surface area contributed by atoms with Crippen molar-refractivity contribution in [3.8, 4) is 0 Å². The van der Waals surface area contributed by atoms with Crippen LogP contribution in [0, 0.1) is 0 Å². The Bertz CT molecular complexity index is 2110. The van der Waals surface area contributed by atoms with Gasteiger partial charge in [0.05, 0.1) is 39.1 Å². The Labute approximate surface area is 448 Å². The molecule has 6 fully saturated rings. The van der Waals surface area contributed by atoms with Gasteiger partial charge in [0.1, 0.15) is 140 Å². The highest BCUT2D eigenvalue weighted by Gasteiger charge is 2.58. The lowest BCUT2D eigenvalue weighted by molar-refractivity contribution is -0.384. The van der Waals surface area contributed by atoms with Crippen LogP contribution in [0.15, 0.2) is 0 Å². The van der Waals surface area contributed by atoms with E-state index in [2.05, 4.69) is 20.1 Å².